The Morgan fingerprint density at radius 2 is 2.08 bits per heavy atom. The summed E-state index contributed by atoms with van der Waals surface area (Å²) >= 11 is 0. The van der Waals surface area contributed by atoms with Gasteiger partial charge in [0.05, 0.1) is 5.69 Å². The number of ether oxygens (including phenoxy) is 1. The van der Waals surface area contributed by atoms with E-state index >= 15 is 0 Å². The van der Waals surface area contributed by atoms with Gasteiger partial charge in [-0.15, -0.1) is 0 Å². The quantitative estimate of drug-likeness (QED) is 0.635. The second kappa shape index (κ2) is 2.69. The van der Waals surface area contributed by atoms with E-state index in [0.29, 0.717) is 5.82 Å². The summed E-state index contributed by atoms with van der Waals surface area (Å²) in [5.41, 5.74) is 7.77. The summed E-state index contributed by atoms with van der Waals surface area (Å²) in [5.74, 6) is 2.14. The number of hydrogen-bond donors (Lipinski definition) is 2. The third-order valence-electron chi connectivity index (χ3n) is 2.05. The standard InChI is InChI=1S/C10H12N2O/c1-6-3-4-8-9(5-6)13-7(2)10(11)12-8/h3-5,12H,11H2,1-2H3. The molecule has 0 saturated heterocycles. The van der Waals surface area contributed by atoms with Gasteiger partial charge >= 0.3 is 0 Å². The van der Waals surface area contributed by atoms with Crippen molar-refractivity contribution in [1.29, 1.82) is 0 Å². The molecule has 3 heteroatoms. The zero-order valence-electron chi connectivity index (χ0n) is 7.72. The van der Waals surface area contributed by atoms with Crippen LogP contribution >= 0.6 is 0 Å². The highest BCUT2D eigenvalue weighted by Gasteiger charge is 2.13. The van der Waals surface area contributed by atoms with Gasteiger partial charge in [-0.1, -0.05) is 6.07 Å². The van der Waals surface area contributed by atoms with E-state index in [9.17, 15) is 0 Å². The highest BCUT2D eigenvalue weighted by Crippen LogP contribution is 2.31. The van der Waals surface area contributed by atoms with E-state index in [2.05, 4.69) is 5.32 Å². The number of aryl methyl sites for hydroxylation is 1. The number of nitrogens with one attached hydrogen (secondary N) is 1. The fourth-order valence-corrected chi connectivity index (χ4v) is 1.27. The number of hydrogen-bond acceptors (Lipinski definition) is 3. The molecule has 1 aromatic carbocycles. The van der Waals surface area contributed by atoms with Crippen LogP contribution in [0.2, 0.25) is 0 Å². The predicted octanol–water partition coefficient (Wildman–Crippen LogP) is 1.95. The first-order valence-corrected chi connectivity index (χ1v) is 4.18. The lowest BCUT2D eigenvalue weighted by Crippen LogP contribution is -2.18. The highest BCUT2D eigenvalue weighted by molar-refractivity contribution is 5.63. The lowest BCUT2D eigenvalue weighted by atomic mass is 10.2. The van der Waals surface area contributed by atoms with Gasteiger partial charge in [0.2, 0.25) is 0 Å². The highest BCUT2D eigenvalue weighted by atomic mass is 16.5. The van der Waals surface area contributed by atoms with Gasteiger partial charge in [-0.25, -0.2) is 0 Å². The van der Waals surface area contributed by atoms with E-state index < -0.39 is 0 Å². The molecule has 2 rings (SSSR count). The summed E-state index contributed by atoms with van der Waals surface area (Å²) in [6.45, 7) is 3.87. The second-order valence-electron chi connectivity index (χ2n) is 3.20. The van der Waals surface area contributed by atoms with Crippen LogP contribution in [0.1, 0.15) is 12.5 Å². The van der Waals surface area contributed by atoms with Crippen molar-refractivity contribution in [1.82, 2.24) is 0 Å². The molecule has 0 fully saturated rings. The van der Waals surface area contributed by atoms with Crippen LogP contribution in [0.25, 0.3) is 0 Å². The molecule has 0 saturated carbocycles. The first-order chi connectivity index (χ1) is 6.16. The second-order valence-corrected chi connectivity index (χ2v) is 3.20. The lowest BCUT2D eigenvalue weighted by molar-refractivity contribution is 0.415. The molecule has 68 valence electrons. The number of fused-ring (bicyclic) bond motifs is 1. The third kappa shape index (κ3) is 1.33. The fourth-order valence-electron chi connectivity index (χ4n) is 1.27. The monoisotopic (exact) mass is 176 g/mol. The summed E-state index contributed by atoms with van der Waals surface area (Å²) in [6.07, 6.45) is 0. The molecular weight excluding hydrogens is 164 g/mol. The van der Waals surface area contributed by atoms with E-state index in [1.807, 2.05) is 32.0 Å². The molecule has 0 spiro atoms. The van der Waals surface area contributed by atoms with Crippen molar-refractivity contribution >= 4 is 5.69 Å². The van der Waals surface area contributed by atoms with E-state index in [1.54, 1.807) is 0 Å². The first kappa shape index (κ1) is 7.98. The van der Waals surface area contributed by atoms with Gasteiger partial charge in [-0.2, -0.15) is 0 Å². The molecular formula is C10H12N2O. The van der Waals surface area contributed by atoms with Crippen LogP contribution in [0.3, 0.4) is 0 Å². The average Bonchev–Trinajstić information content (AvgIpc) is 2.08. The van der Waals surface area contributed by atoms with E-state index in [1.165, 1.54) is 5.56 Å². The lowest BCUT2D eigenvalue weighted by Gasteiger charge is -2.20. The molecule has 1 aliphatic rings. The van der Waals surface area contributed by atoms with Crippen LogP contribution in [0, 0.1) is 6.92 Å². The van der Waals surface area contributed by atoms with Crippen molar-refractivity contribution in [3.8, 4) is 5.75 Å². The number of allylic oxidation sites excluding steroid dienone is 1. The Bertz CT molecular complexity index is 383. The zero-order valence-corrected chi connectivity index (χ0v) is 7.72. The third-order valence-corrected chi connectivity index (χ3v) is 2.05. The smallest absolute Gasteiger partial charge is 0.150 e. The minimum atomic E-state index is 0.580. The fraction of sp³-hybridized carbons (Fsp3) is 0.200. The van der Waals surface area contributed by atoms with Crippen LogP contribution in [-0.4, -0.2) is 0 Å². The van der Waals surface area contributed by atoms with Gasteiger partial charge in [0.1, 0.15) is 11.6 Å². The van der Waals surface area contributed by atoms with Gasteiger partial charge < -0.3 is 15.8 Å². The van der Waals surface area contributed by atoms with Gasteiger partial charge in [0, 0.05) is 0 Å². The summed E-state index contributed by atoms with van der Waals surface area (Å²) in [7, 11) is 0. The van der Waals surface area contributed by atoms with Crippen molar-refractivity contribution in [2.75, 3.05) is 5.32 Å². The molecule has 0 aromatic heterocycles. The van der Waals surface area contributed by atoms with Crippen LogP contribution in [0.5, 0.6) is 5.75 Å². The van der Waals surface area contributed by atoms with Gasteiger partial charge in [0.15, 0.2) is 5.75 Å². The molecule has 3 nitrogen and oxygen atoms in total. The molecule has 0 radical (unpaired) electrons. The van der Waals surface area contributed by atoms with Crippen molar-refractivity contribution in [2.24, 2.45) is 5.73 Å². The molecule has 1 aliphatic heterocycles. The van der Waals surface area contributed by atoms with Crippen molar-refractivity contribution in [3.05, 3.63) is 35.3 Å². The zero-order chi connectivity index (χ0) is 9.42. The molecule has 0 bridgehead atoms. The Balaban J connectivity index is 2.44. The molecule has 0 amide bonds. The van der Waals surface area contributed by atoms with Crippen molar-refractivity contribution in [3.63, 3.8) is 0 Å². The Morgan fingerprint density at radius 1 is 1.31 bits per heavy atom. The van der Waals surface area contributed by atoms with Crippen molar-refractivity contribution < 1.29 is 4.74 Å². The van der Waals surface area contributed by atoms with Gasteiger partial charge in [-0.05, 0) is 31.5 Å². The van der Waals surface area contributed by atoms with Crippen molar-refractivity contribution in [2.45, 2.75) is 13.8 Å². The summed E-state index contributed by atoms with van der Waals surface area (Å²) in [6, 6.07) is 5.96. The van der Waals surface area contributed by atoms with E-state index in [-0.39, 0.29) is 0 Å². The summed E-state index contributed by atoms with van der Waals surface area (Å²) in [5, 5.41) is 3.07. The maximum Gasteiger partial charge on any atom is 0.150 e. The van der Waals surface area contributed by atoms with Crippen LogP contribution in [-0.2, 0) is 0 Å². The number of anilines is 1. The largest absolute Gasteiger partial charge is 0.456 e. The maximum absolute atomic E-state index is 5.67. The number of nitrogens with two attached hydrogens (primary N) is 1. The molecule has 0 atom stereocenters. The molecule has 1 heterocycles. The normalized spacial score (nSPS) is 14.6. The van der Waals surface area contributed by atoms with Crippen LogP contribution in [0.15, 0.2) is 29.8 Å². The van der Waals surface area contributed by atoms with E-state index in [4.69, 9.17) is 10.5 Å². The topological polar surface area (TPSA) is 47.3 Å². The Hall–Kier alpha value is -1.64. The van der Waals surface area contributed by atoms with Crippen LogP contribution in [0.4, 0.5) is 5.69 Å². The Kier molecular flexibility index (Phi) is 1.65. The first-order valence-electron chi connectivity index (χ1n) is 4.18. The molecule has 0 aliphatic carbocycles. The summed E-state index contributed by atoms with van der Waals surface area (Å²) < 4.78 is 5.52. The van der Waals surface area contributed by atoms with Gasteiger partial charge in [0.25, 0.3) is 0 Å². The van der Waals surface area contributed by atoms with Crippen LogP contribution < -0.4 is 15.8 Å². The molecule has 3 N–H and O–H groups in total. The SMILES string of the molecule is CC1=C(N)Nc2ccc(C)cc2O1. The minimum absolute atomic E-state index is 0.580. The average molecular weight is 176 g/mol. The molecule has 1 aromatic rings. The Morgan fingerprint density at radius 3 is 2.85 bits per heavy atom. The molecule has 13 heavy (non-hydrogen) atoms. The number of rotatable bonds is 0. The Labute approximate surface area is 77.2 Å². The summed E-state index contributed by atoms with van der Waals surface area (Å²) in [4.78, 5) is 0. The maximum atomic E-state index is 5.67. The van der Waals surface area contributed by atoms with E-state index in [0.717, 1.165) is 17.2 Å². The minimum Gasteiger partial charge on any atom is -0.456 e. The van der Waals surface area contributed by atoms with Gasteiger partial charge in [-0.3, -0.25) is 0 Å². The molecule has 0 unspecified atom stereocenters. The number of benzene rings is 1. The predicted molar refractivity (Wildman–Crippen MR) is 52.3 cm³/mol.